The van der Waals surface area contributed by atoms with Crippen molar-refractivity contribution in [3.63, 3.8) is 0 Å². The molecule has 2 aromatic carbocycles. The van der Waals surface area contributed by atoms with E-state index in [-0.39, 0.29) is 0 Å². The summed E-state index contributed by atoms with van der Waals surface area (Å²) in [6.45, 7) is 0. The monoisotopic (exact) mass is 259 g/mol. The Balaban J connectivity index is 2.22. The zero-order valence-electron chi connectivity index (χ0n) is 9.38. The summed E-state index contributed by atoms with van der Waals surface area (Å²) in [7, 11) is 0. The van der Waals surface area contributed by atoms with E-state index in [1.807, 2.05) is 0 Å². The van der Waals surface area contributed by atoms with Gasteiger partial charge in [-0.25, -0.2) is 0 Å². The standard InChI is InChI=1S/C14H10ClNO2/c15-11-4-2-6-13(8-11)18-12-5-1-3-10(7-12)14(17)9-16/h1-8,14,17H. The van der Waals surface area contributed by atoms with Crippen LogP contribution >= 0.6 is 11.6 Å². The van der Waals surface area contributed by atoms with Gasteiger partial charge in [0.2, 0.25) is 0 Å². The second-order valence-electron chi connectivity index (χ2n) is 3.66. The third kappa shape index (κ3) is 3.01. The molecule has 0 spiro atoms. The molecule has 1 atom stereocenters. The van der Waals surface area contributed by atoms with Crippen molar-refractivity contribution in [2.45, 2.75) is 6.10 Å². The van der Waals surface area contributed by atoms with Gasteiger partial charge in [-0.05, 0) is 35.9 Å². The highest BCUT2D eigenvalue weighted by molar-refractivity contribution is 6.30. The van der Waals surface area contributed by atoms with Crippen LogP contribution in [0.3, 0.4) is 0 Å². The van der Waals surface area contributed by atoms with Crippen molar-refractivity contribution in [1.29, 1.82) is 5.26 Å². The van der Waals surface area contributed by atoms with Crippen molar-refractivity contribution in [1.82, 2.24) is 0 Å². The topological polar surface area (TPSA) is 53.2 Å². The Labute approximate surface area is 110 Å². The number of hydrogen-bond acceptors (Lipinski definition) is 3. The van der Waals surface area contributed by atoms with Crippen LogP contribution in [0.2, 0.25) is 5.02 Å². The number of nitriles is 1. The first-order valence-corrected chi connectivity index (χ1v) is 5.68. The second kappa shape index (κ2) is 5.54. The number of hydrogen-bond donors (Lipinski definition) is 1. The molecule has 0 radical (unpaired) electrons. The first-order valence-electron chi connectivity index (χ1n) is 5.30. The van der Waals surface area contributed by atoms with Crippen molar-refractivity contribution < 1.29 is 9.84 Å². The first kappa shape index (κ1) is 12.4. The molecule has 3 nitrogen and oxygen atoms in total. The summed E-state index contributed by atoms with van der Waals surface area (Å²) < 4.78 is 5.59. The lowest BCUT2D eigenvalue weighted by Crippen LogP contribution is -1.93. The number of rotatable bonds is 3. The lowest BCUT2D eigenvalue weighted by atomic mass is 10.1. The summed E-state index contributed by atoms with van der Waals surface area (Å²) in [6, 6.07) is 15.5. The van der Waals surface area contributed by atoms with E-state index in [9.17, 15) is 5.11 Å². The Morgan fingerprint density at radius 1 is 1.11 bits per heavy atom. The molecule has 0 fully saturated rings. The van der Waals surface area contributed by atoms with E-state index in [0.717, 1.165) is 0 Å². The summed E-state index contributed by atoms with van der Waals surface area (Å²) in [5, 5.41) is 18.7. The fourth-order valence-electron chi connectivity index (χ4n) is 1.49. The number of benzene rings is 2. The summed E-state index contributed by atoms with van der Waals surface area (Å²) in [6.07, 6.45) is -1.15. The Morgan fingerprint density at radius 3 is 2.44 bits per heavy atom. The van der Waals surface area contributed by atoms with E-state index in [1.165, 1.54) is 0 Å². The lowest BCUT2D eigenvalue weighted by molar-refractivity contribution is 0.235. The SMILES string of the molecule is N#CC(O)c1cccc(Oc2cccc(Cl)c2)c1. The van der Waals surface area contributed by atoms with E-state index in [4.69, 9.17) is 21.6 Å². The molecule has 0 aliphatic heterocycles. The molecule has 0 aliphatic rings. The first-order chi connectivity index (χ1) is 8.69. The van der Waals surface area contributed by atoms with Gasteiger partial charge in [-0.3, -0.25) is 0 Å². The van der Waals surface area contributed by atoms with Crippen LogP contribution in [0.15, 0.2) is 48.5 Å². The van der Waals surface area contributed by atoms with Gasteiger partial charge in [-0.1, -0.05) is 29.8 Å². The fraction of sp³-hybridized carbons (Fsp3) is 0.0714. The highest BCUT2D eigenvalue weighted by Gasteiger charge is 2.07. The minimum Gasteiger partial charge on any atom is -0.457 e. The average molecular weight is 260 g/mol. The smallest absolute Gasteiger partial charge is 0.166 e. The van der Waals surface area contributed by atoms with Gasteiger partial charge >= 0.3 is 0 Å². The molecular weight excluding hydrogens is 250 g/mol. The molecule has 0 aromatic heterocycles. The molecule has 0 aliphatic carbocycles. The van der Waals surface area contributed by atoms with Crippen LogP contribution in [0.25, 0.3) is 0 Å². The third-order valence-corrected chi connectivity index (χ3v) is 2.56. The van der Waals surface area contributed by atoms with Gasteiger partial charge in [0, 0.05) is 5.02 Å². The van der Waals surface area contributed by atoms with Gasteiger partial charge in [-0.2, -0.15) is 5.26 Å². The maximum Gasteiger partial charge on any atom is 0.166 e. The van der Waals surface area contributed by atoms with E-state index < -0.39 is 6.10 Å². The minimum atomic E-state index is -1.15. The van der Waals surface area contributed by atoms with Crippen molar-refractivity contribution in [3.8, 4) is 17.6 Å². The van der Waals surface area contributed by atoms with Gasteiger partial charge < -0.3 is 9.84 Å². The third-order valence-electron chi connectivity index (χ3n) is 2.33. The van der Waals surface area contributed by atoms with Gasteiger partial charge in [0.15, 0.2) is 6.10 Å². The zero-order valence-corrected chi connectivity index (χ0v) is 10.1. The predicted octanol–water partition coefficient (Wildman–Crippen LogP) is 3.69. The van der Waals surface area contributed by atoms with Gasteiger partial charge in [-0.15, -0.1) is 0 Å². The summed E-state index contributed by atoms with van der Waals surface area (Å²) in [5.74, 6) is 1.15. The van der Waals surface area contributed by atoms with Crippen LogP contribution in [-0.2, 0) is 0 Å². The Morgan fingerprint density at radius 2 is 1.78 bits per heavy atom. The van der Waals surface area contributed by atoms with Crippen LogP contribution in [0.5, 0.6) is 11.5 Å². The second-order valence-corrected chi connectivity index (χ2v) is 4.10. The van der Waals surface area contributed by atoms with Crippen molar-refractivity contribution in [2.75, 3.05) is 0 Å². The zero-order chi connectivity index (χ0) is 13.0. The Hall–Kier alpha value is -2.02. The van der Waals surface area contributed by atoms with Crippen LogP contribution in [-0.4, -0.2) is 5.11 Å². The van der Waals surface area contributed by atoms with Crippen LogP contribution in [0.1, 0.15) is 11.7 Å². The number of ether oxygens (including phenoxy) is 1. The summed E-state index contributed by atoms with van der Waals surface area (Å²) in [4.78, 5) is 0. The van der Waals surface area contributed by atoms with Crippen LogP contribution in [0, 0.1) is 11.3 Å². The number of aliphatic hydroxyl groups is 1. The molecule has 2 rings (SSSR count). The minimum absolute atomic E-state index is 0.497. The number of nitrogens with zero attached hydrogens (tertiary/aromatic N) is 1. The van der Waals surface area contributed by atoms with E-state index in [2.05, 4.69) is 0 Å². The average Bonchev–Trinajstić information content (AvgIpc) is 2.38. The van der Waals surface area contributed by atoms with Gasteiger partial charge in [0.05, 0.1) is 6.07 Å². The predicted molar refractivity (Wildman–Crippen MR) is 68.5 cm³/mol. The van der Waals surface area contributed by atoms with Crippen molar-refractivity contribution in [3.05, 3.63) is 59.1 Å². The molecule has 0 heterocycles. The highest BCUT2D eigenvalue weighted by Crippen LogP contribution is 2.26. The largest absolute Gasteiger partial charge is 0.457 e. The van der Waals surface area contributed by atoms with Crippen LogP contribution < -0.4 is 4.74 Å². The molecular formula is C14H10ClNO2. The number of halogens is 1. The summed E-state index contributed by atoms with van der Waals surface area (Å²) in [5.41, 5.74) is 0.497. The molecule has 1 N–H and O–H groups in total. The van der Waals surface area contributed by atoms with Gasteiger partial charge in [0.25, 0.3) is 0 Å². The maximum atomic E-state index is 9.43. The van der Waals surface area contributed by atoms with Crippen molar-refractivity contribution in [2.24, 2.45) is 0 Å². The quantitative estimate of drug-likeness (QED) is 0.856. The van der Waals surface area contributed by atoms with E-state index >= 15 is 0 Å². The molecule has 18 heavy (non-hydrogen) atoms. The molecule has 0 saturated heterocycles. The van der Waals surface area contributed by atoms with Crippen molar-refractivity contribution >= 4 is 11.6 Å². The highest BCUT2D eigenvalue weighted by atomic mass is 35.5. The number of aliphatic hydroxyl groups excluding tert-OH is 1. The summed E-state index contributed by atoms with van der Waals surface area (Å²) >= 11 is 5.85. The Bertz CT molecular complexity index is 592. The Kier molecular flexibility index (Phi) is 3.83. The van der Waals surface area contributed by atoms with Gasteiger partial charge in [0.1, 0.15) is 11.5 Å². The van der Waals surface area contributed by atoms with E-state index in [0.29, 0.717) is 22.1 Å². The molecule has 0 saturated carbocycles. The lowest BCUT2D eigenvalue weighted by Gasteiger charge is -2.08. The van der Waals surface area contributed by atoms with E-state index in [1.54, 1.807) is 54.6 Å². The fourth-order valence-corrected chi connectivity index (χ4v) is 1.67. The molecule has 0 bridgehead atoms. The molecule has 4 heteroatoms. The molecule has 0 amide bonds. The molecule has 2 aromatic rings. The van der Waals surface area contributed by atoms with Crippen LogP contribution in [0.4, 0.5) is 0 Å². The molecule has 1 unspecified atom stereocenters. The molecule has 90 valence electrons. The maximum absolute atomic E-state index is 9.43. The normalized spacial score (nSPS) is 11.6.